The molecule has 0 fully saturated rings. The van der Waals surface area contributed by atoms with E-state index in [0.717, 1.165) is 29.1 Å². The fourth-order valence-electron chi connectivity index (χ4n) is 2.64. The number of fused-ring (bicyclic) bond motifs is 3. The third kappa shape index (κ3) is 3.42. The second-order valence-corrected chi connectivity index (χ2v) is 7.25. The SMILES string of the molecule is COCCCNC(=O)CSc1ncnc2sc3c(c12)CCC3. The number of ether oxygens (including phenoxy) is 1. The lowest BCUT2D eigenvalue weighted by Gasteiger charge is -2.05. The van der Waals surface area contributed by atoms with E-state index in [1.54, 1.807) is 24.8 Å². The quantitative estimate of drug-likeness (QED) is 0.477. The highest BCUT2D eigenvalue weighted by atomic mass is 32.2. The molecule has 22 heavy (non-hydrogen) atoms. The van der Waals surface area contributed by atoms with E-state index in [9.17, 15) is 4.79 Å². The van der Waals surface area contributed by atoms with Gasteiger partial charge in [0, 0.05) is 30.5 Å². The Bertz CT molecular complexity index is 672. The molecule has 0 aliphatic heterocycles. The molecular weight excluding hydrogens is 318 g/mol. The van der Waals surface area contributed by atoms with E-state index in [1.165, 1.54) is 34.0 Å². The zero-order chi connectivity index (χ0) is 15.4. The van der Waals surface area contributed by atoms with E-state index in [-0.39, 0.29) is 5.91 Å². The molecule has 0 saturated carbocycles. The Morgan fingerprint density at radius 3 is 3.23 bits per heavy atom. The van der Waals surface area contributed by atoms with Crippen LogP contribution in [-0.4, -0.2) is 41.9 Å². The van der Waals surface area contributed by atoms with E-state index in [0.29, 0.717) is 18.9 Å². The zero-order valence-corrected chi connectivity index (χ0v) is 14.2. The molecule has 7 heteroatoms. The minimum Gasteiger partial charge on any atom is -0.385 e. The van der Waals surface area contributed by atoms with Crippen LogP contribution in [0.5, 0.6) is 0 Å². The number of nitrogens with one attached hydrogen (secondary N) is 1. The Balaban J connectivity index is 1.63. The van der Waals surface area contributed by atoms with Gasteiger partial charge in [-0.15, -0.1) is 11.3 Å². The smallest absolute Gasteiger partial charge is 0.230 e. The molecule has 0 atom stereocenters. The van der Waals surface area contributed by atoms with Gasteiger partial charge in [-0.3, -0.25) is 4.79 Å². The van der Waals surface area contributed by atoms with E-state index >= 15 is 0 Å². The molecule has 1 aliphatic carbocycles. The Morgan fingerprint density at radius 2 is 2.36 bits per heavy atom. The van der Waals surface area contributed by atoms with Crippen molar-refractivity contribution in [1.29, 1.82) is 0 Å². The Morgan fingerprint density at radius 1 is 1.45 bits per heavy atom. The van der Waals surface area contributed by atoms with Gasteiger partial charge >= 0.3 is 0 Å². The van der Waals surface area contributed by atoms with Crippen LogP contribution in [0.15, 0.2) is 11.4 Å². The summed E-state index contributed by atoms with van der Waals surface area (Å²) in [6.07, 6.45) is 5.92. The first-order valence-corrected chi connectivity index (χ1v) is 9.23. The molecular formula is C15H19N3O2S2. The number of aryl methyl sites for hydroxylation is 2. The number of nitrogens with zero attached hydrogens (tertiary/aromatic N) is 2. The van der Waals surface area contributed by atoms with Gasteiger partial charge in [0.2, 0.25) is 5.91 Å². The number of hydrogen-bond donors (Lipinski definition) is 1. The molecule has 1 amide bonds. The largest absolute Gasteiger partial charge is 0.385 e. The van der Waals surface area contributed by atoms with Gasteiger partial charge in [-0.2, -0.15) is 0 Å². The van der Waals surface area contributed by atoms with E-state index < -0.39 is 0 Å². The van der Waals surface area contributed by atoms with Crippen molar-refractivity contribution in [2.45, 2.75) is 30.7 Å². The van der Waals surface area contributed by atoms with Crippen molar-refractivity contribution >= 4 is 39.2 Å². The third-order valence-corrected chi connectivity index (χ3v) is 5.84. The molecule has 2 aromatic heterocycles. The topological polar surface area (TPSA) is 64.1 Å². The van der Waals surface area contributed by atoms with Crippen LogP contribution in [-0.2, 0) is 22.4 Å². The van der Waals surface area contributed by atoms with Crippen LogP contribution in [0.1, 0.15) is 23.3 Å². The fourth-order valence-corrected chi connectivity index (χ4v) is 4.79. The molecule has 0 aromatic carbocycles. The summed E-state index contributed by atoms with van der Waals surface area (Å²) < 4.78 is 4.96. The van der Waals surface area contributed by atoms with Gasteiger partial charge in [-0.05, 0) is 31.2 Å². The average Bonchev–Trinajstić information content (AvgIpc) is 3.10. The van der Waals surface area contributed by atoms with Crippen molar-refractivity contribution in [2.24, 2.45) is 0 Å². The number of amides is 1. The molecule has 3 rings (SSSR count). The molecule has 1 N–H and O–H groups in total. The zero-order valence-electron chi connectivity index (χ0n) is 12.6. The standard InChI is InChI=1S/C15H19N3O2S2/c1-20-7-3-6-16-12(19)8-21-14-13-10-4-2-5-11(10)22-15(13)18-9-17-14/h9H,2-8H2,1H3,(H,16,19). The molecule has 0 unspecified atom stereocenters. The molecule has 1 aliphatic rings. The summed E-state index contributed by atoms with van der Waals surface area (Å²) in [7, 11) is 1.66. The van der Waals surface area contributed by atoms with Crippen LogP contribution >= 0.6 is 23.1 Å². The lowest BCUT2D eigenvalue weighted by molar-refractivity contribution is -0.118. The van der Waals surface area contributed by atoms with Crippen molar-refractivity contribution in [3.63, 3.8) is 0 Å². The van der Waals surface area contributed by atoms with Crippen molar-refractivity contribution in [1.82, 2.24) is 15.3 Å². The van der Waals surface area contributed by atoms with Crippen molar-refractivity contribution < 1.29 is 9.53 Å². The van der Waals surface area contributed by atoms with Crippen LogP contribution in [0.4, 0.5) is 0 Å². The van der Waals surface area contributed by atoms with Crippen LogP contribution < -0.4 is 5.32 Å². The van der Waals surface area contributed by atoms with Crippen molar-refractivity contribution in [2.75, 3.05) is 26.0 Å². The maximum atomic E-state index is 11.9. The second kappa shape index (κ2) is 7.39. The van der Waals surface area contributed by atoms with Gasteiger partial charge < -0.3 is 10.1 Å². The van der Waals surface area contributed by atoms with Crippen LogP contribution in [0.2, 0.25) is 0 Å². The van der Waals surface area contributed by atoms with Gasteiger partial charge in [0.1, 0.15) is 16.2 Å². The summed E-state index contributed by atoms with van der Waals surface area (Å²) in [4.78, 5) is 23.2. The first-order chi connectivity index (χ1) is 10.8. The Hall–Kier alpha value is -1.18. The number of carbonyl (C=O) groups excluding carboxylic acids is 1. The summed E-state index contributed by atoms with van der Waals surface area (Å²) in [5, 5.41) is 5.02. The van der Waals surface area contributed by atoms with E-state index in [2.05, 4.69) is 15.3 Å². The molecule has 118 valence electrons. The van der Waals surface area contributed by atoms with Gasteiger partial charge in [0.25, 0.3) is 0 Å². The molecule has 0 radical (unpaired) electrons. The number of aromatic nitrogens is 2. The van der Waals surface area contributed by atoms with Crippen molar-refractivity contribution in [3.8, 4) is 0 Å². The lowest BCUT2D eigenvalue weighted by atomic mass is 10.2. The van der Waals surface area contributed by atoms with Gasteiger partial charge in [0.15, 0.2) is 0 Å². The predicted octanol–water partition coefficient (Wildman–Crippen LogP) is 2.42. The molecule has 2 aromatic rings. The maximum Gasteiger partial charge on any atom is 0.230 e. The van der Waals surface area contributed by atoms with E-state index in [4.69, 9.17) is 4.74 Å². The predicted molar refractivity (Wildman–Crippen MR) is 89.7 cm³/mol. The number of carbonyl (C=O) groups is 1. The third-order valence-electron chi connectivity index (χ3n) is 3.65. The average molecular weight is 337 g/mol. The first-order valence-electron chi connectivity index (χ1n) is 7.43. The molecule has 0 saturated heterocycles. The number of hydrogen-bond acceptors (Lipinski definition) is 6. The highest BCUT2D eigenvalue weighted by molar-refractivity contribution is 8.00. The fraction of sp³-hybridized carbons (Fsp3) is 0.533. The minimum absolute atomic E-state index is 0.0414. The highest BCUT2D eigenvalue weighted by Crippen LogP contribution is 2.39. The summed E-state index contributed by atoms with van der Waals surface area (Å²) in [6, 6.07) is 0. The normalized spacial score (nSPS) is 13.5. The first kappa shape index (κ1) is 15.7. The minimum atomic E-state index is 0.0414. The number of thiophene rings is 1. The number of rotatable bonds is 7. The summed E-state index contributed by atoms with van der Waals surface area (Å²) in [6.45, 7) is 1.32. The van der Waals surface area contributed by atoms with Crippen LogP contribution in [0.3, 0.4) is 0 Å². The van der Waals surface area contributed by atoms with E-state index in [1.807, 2.05) is 0 Å². The summed E-state index contributed by atoms with van der Waals surface area (Å²) in [5.74, 6) is 0.434. The highest BCUT2D eigenvalue weighted by Gasteiger charge is 2.21. The van der Waals surface area contributed by atoms with Gasteiger partial charge in [-0.25, -0.2) is 9.97 Å². The molecule has 5 nitrogen and oxygen atoms in total. The molecule has 0 bridgehead atoms. The summed E-state index contributed by atoms with van der Waals surface area (Å²) in [5.41, 5.74) is 1.41. The second-order valence-electron chi connectivity index (χ2n) is 5.20. The lowest BCUT2D eigenvalue weighted by Crippen LogP contribution is -2.26. The van der Waals surface area contributed by atoms with Crippen molar-refractivity contribution in [3.05, 3.63) is 16.8 Å². The summed E-state index contributed by atoms with van der Waals surface area (Å²) >= 11 is 3.28. The molecule has 2 heterocycles. The monoisotopic (exact) mass is 337 g/mol. The Labute approximate surface area is 137 Å². The number of methoxy groups -OCH3 is 1. The van der Waals surface area contributed by atoms with Gasteiger partial charge in [-0.1, -0.05) is 11.8 Å². The van der Waals surface area contributed by atoms with Crippen LogP contribution in [0, 0.1) is 0 Å². The maximum absolute atomic E-state index is 11.9. The number of thioether (sulfide) groups is 1. The van der Waals surface area contributed by atoms with Crippen LogP contribution in [0.25, 0.3) is 10.2 Å². The Kier molecular flexibility index (Phi) is 5.28. The molecule has 0 spiro atoms. The van der Waals surface area contributed by atoms with Gasteiger partial charge in [0.05, 0.1) is 5.75 Å².